The molecule has 0 unspecified atom stereocenters. The summed E-state index contributed by atoms with van der Waals surface area (Å²) in [5, 5.41) is 25.2. The van der Waals surface area contributed by atoms with Crippen LogP contribution in [0.5, 0.6) is 11.5 Å². The van der Waals surface area contributed by atoms with E-state index >= 15 is 0 Å². The molecule has 2 N–H and O–H groups in total. The van der Waals surface area contributed by atoms with E-state index in [0.717, 1.165) is 57.6 Å². The molecule has 4 nitrogen and oxygen atoms in total. The summed E-state index contributed by atoms with van der Waals surface area (Å²) < 4.78 is 0. The van der Waals surface area contributed by atoms with E-state index in [9.17, 15) is 10.2 Å². The Hall–Kier alpha value is -6.27. The van der Waals surface area contributed by atoms with Gasteiger partial charge in [-0.25, -0.2) is 0 Å². The average Bonchev–Trinajstić information content (AvgIpc) is 3.83. The second-order valence-electron chi connectivity index (χ2n) is 20.2. The van der Waals surface area contributed by atoms with E-state index < -0.39 is 10.8 Å². The van der Waals surface area contributed by atoms with Crippen LogP contribution in [0.25, 0.3) is 22.3 Å². The first-order valence-electron chi connectivity index (χ1n) is 24.8. The molecule has 0 atom stereocenters. The Balaban J connectivity index is 0.000000425. The normalized spacial score (nSPS) is 13.3. The molecule has 5 heteroatoms. The van der Waals surface area contributed by atoms with Crippen molar-refractivity contribution in [3.05, 3.63) is 263 Å². The van der Waals surface area contributed by atoms with Crippen LogP contribution in [0, 0.1) is 39.5 Å². The van der Waals surface area contributed by atoms with Crippen molar-refractivity contribution in [2.45, 2.75) is 65.5 Å². The van der Waals surface area contributed by atoms with Gasteiger partial charge in [-0.05, 0) is 84.3 Å². The first-order valence-corrected chi connectivity index (χ1v) is 24.8. The van der Waals surface area contributed by atoms with Gasteiger partial charge in [0, 0.05) is 48.4 Å². The van der Waals surface area contributed by atoms with Gasteiger partial charge in [0.05, 0.1) is 10.8 Å². The number of aryl methyl sites for hydroxylation is 2. The zero-order valence-corrected chi connectivity index (χ0v) is 44.6. The second kappa shape index (κ2) is 22.4. The Morgan fingerprint density at radius 3 is 0.986 bits per heavy atom. The van der Waals surface area contributed by atoms with Crippen LogP contribution in [0.1, 0.15) is 94.5 Å². The molecule has 8 aromatic rings. The van der Waals surface area contributed by atoms with Gasteiger partial charge in [0.2, 0.25) is 0 Å². The van der Waals surface area contributed by atoms with E-state index in [2.05, 4.69) is 201 Å². The number of fused-ring (bicyclic) bond motifs is 6. The Labute approximate surface area is 440 Å². The minimum atomic E-state index is -0.505. The van der Waals surface area contributed by atoms with Crippen LogP contribution in [0.4, 0.5) is 0 Å². The monoisotopic (exact) mass is 970 g/mol. The summed E-state index contributed by atoms with van der Waals surface area (Å²) in [6.07, 6.45) is 0. The van der Waals surface area contributed by atoms with Gasteiger partial charge in [-0.2, -0.15) is 49.2 Å². The van der Waals surface area contributed by atoms with Crippen molar-refractivity contribution in [2.75, 3.05) is 27.2 Å². The van der Waals surface area contributed by atoms with Gasteiger partial charge >= 0.3 is 21.7 Å². The Kier molecular flexibility index (Phi) is 16.6. The quantitative estimate of drug-likeness (QED) is 0.100. The molecular formula is C66H70N2O2Ti+. The third-order valence-electron chi connectivity index (χ3n) is 14.6. The van der Waals surface area contributed by atoms with Crippen molar-refractivity contribution < 1.29 is 31.9 Å². The zero-order chi connectivity index (χ0) is 49.7. The molecule has 0 saturated carbocycles. The molecular weight excluding hydrogens is 901 g/mol. The summed E-state index contributed by atoms with van der Waals surface area (Å²) in [6, 6.07) is 63.4. The number of benzene rings is 8. The standard InChI is InChI=1S/C52H56N2O2.2C7H7.Ti/c1-33(2)51(43-21-13-9-17-39(43)40-18-10-14-22-44(40)51)47-29-35(5)27-37(49(47)55)31-54(26-25-53(7)8)32-38-28-36(6)30-48(50(38)56)52(34(3)4)45-23-15-11-19-41(45)42-20-12-16-24-46(42)52;2*1-7-5-3-2-4-6-7;/h9-24,27-30,33-34,55-56H,25-26,31-32H2,1-8H3;2*2-6H,1H2;/q;2*-1;+3. The van der Waals surface area contributed by atoms with Gasteiger partial charge in [0.25, 0.3) is 0 Å². The van der Waals surface area contributed by atoms with Gasteiger partial charge in [-0.3, -0.25) is 4.90 Å². The van der Waals surface area contributed by atoms with Crippen LogP contribution < -0.4 is 0 Å². The fourth-order valence-electron chi connectivity index (χ4n) is 11.5. The predicted molar refractivity (Wildman–Crippen MR) is 293 cm³/mol. The Morgan fingerprint density at radius 1 is 0.423 bits per heavy atom. The van der Waals surface area contributed by atoms with Crippen LogP contribution in [-0.2, 0) is 45.6 Å². The number of phenolic OH excluding ortho intramolecular Hbond substituents is 2. The molecule has 0 bridgehead atoms. The van der Waals surface area contributed by atoms with Gasteiger partial charge in [-0.1, -0.05) is 172 Å². The maximum atomic E-state index is 12.6. The van der Waals surface area contributed by atoms with Crippen molar-refractivity contribution in [2.24, 2.45) is 11.8 Å². The number of phenols is 2. The van der Waals surface area contributed by atoms with E-state index in [1.54, 1.807) is 0 Å². The summed E-state index contributed by atoms with van der Waals surface area (Å²) in [5.74, 6) is 1.08. The van der Waals surface area contributed by atoms with Crippen LogP contribution in [0.15, 0.2) is 182 Å². The van der Waals surface area contributed by atoms with Gasteiger partial charge in [-0.15, -0.1) is 24.3 Å². The maximum Gasteiger partial charge on any atom is 3.00 e. The molecule has 71 heavy (non-hydrogen) atoms. The van der Waals surface area contributed by atoms with Crippen LogP contribution >= 0.6 is 0 Å². The molecule has 0 spiro atoms. The summed E-state index contributed by atoms with van der Waals surface area (Å²) >= 11 is 0. The Morgan fingerprint density at radius 2 is 0.718 bits per heavy atom. The van der Waals surface area contributed by atoms with Crippen molar-refractivity contribution in [1.29, 1.82) is 0 Å². The SMILES string of the molecule is Cc1cc(CN(CCN(C)C)Cc2cc(C)cc(C3(C(C)C)c4ccccc4-c4ccccc43)c2O)c(O)c(C2(C(C)C)c3ccccc3-c3ccccc32)c1.[CH2-]c1ccccc1.[CH2-]c1ccccc1.[Ti+3]. The predicted octanol–water partition coefficient (Wildman–Crippen LogP) is 15.0. The van der Waals surface area contributed by atoms with E-state index in [-0.39, 0.29) is 33.6 Å². The molecule has 8 aromatic carbocycles. The van der Waals surface area contributed by atoms with Crippen LogP contribution in [0.3, 0.4) is 0 Å². The van der Waals surface area contributed by atoms with E-state index in [1.807, 2.05) is 60.7 Å². The molecule has 2 aliphatic carbocycles. The smallest absolute Gasteiger partial charge is 0.507 e. The molecule has 1 radical (unpaired) electrons. The molecule has 0 amide bonds. The summed E-state index contributed by atoms with van der Waals surface area (Å²) in [5.41, 5.74) is 17.1. The third-order valence-corrected chi connectivity index (χ3v) is 14.6. The molecule has 359 valence electrons. The number of aromatic hydroxyl groups is 2. The first kappa shape index (κ1) is 52.6. The topological polar surface area (TPSA) is 46.9 Å². The van der Waals surface area contributed by atoms with E-state index in [1.165, 1.54) is 44.5 Å². The maximum absolute atomic E-state index is 12.6. The van der Waals surface area contributed by atoms with E-state index in [4.69, 9.17) is 0 Å². The summed E-state index contributed by atoms with van der Waals surface area (Å²) in [6.45, 7) is 23.6. The van der Waals surface area contributed by atoms with Crippen molar-refractivity contribution in [1.82, 2.24) is 9.80 Å². The Bertz CT molecular complexity index is 2770. The number of nitrogens with zero attached hydrogens (tertiary/aromatic N) is 2. The van der Waals surface area contributed by atoms with Crippen LogP contribution in [0.2, 0.25) is 0 Å². The molecule has 0 aromatic heterocycles. The van der Waals surface area contributed by atoms with Gasteiger partial charge in [0.15, 0.2) is 0 Å². The van der Waals surface area contributed by atoms with Crippen molar-refractivity contribution >= 4 is 0 Å². The van der Waals surface area contributed by atoms with E-state index in [0.29, 0.717) is 24.6 Å². The fraction of sp³-hybridized carbons (Fsp3) is 0.242. The number of hydrogen-bond acceptors (Lipinski definition) is 4. The van der Waals surface area contributed by atoms with Crippen LogP contribution in [-0.4, -0.2) is 47.2 Å². The molecule has 10 rings (SSSR count). The zero-order valence-electron chi connectivity index (χ0n) is 43.0. The van der Waals surface area contributed by atoms with Crippen molar-refractivity contribution in [3.8, 4) is 33.8 Å². The number of hydrogen-bond donors (Lipinski definition) is 2. The number of rotatable bonds is 11. The minimum absolute atomic E-state index is 0. The summed E-state index contributed by atoms with van der Waals surface area (Å²) in [4.78, 5) is 4.60. The molecule has 0 saturated heterocycles. The molecule has 0 fully saturated rings. The number of likely N-dealkylation sites (N-methyl/N-ethyl adjacent to an activating group) is 1. The first-order chi connectivity index (χ1) is 33.7. The molecule has 0 aliphatic heterocycles. The molecule has 2 aliphatic rings. The minimum Gasteiger partial charge on any atom is -0.507 e. The summed E-state index contributed by atoms with van der Waals surface area (Å²) in [7, 11) is 4.21. The second-order valence-corrected chi connectivity index (χ2v) is 20.2. The largest absolute Gasteiger partial charge is 3.00 e. The van der Waals surface area contributed by atoms with Gasteiger partial charge < -0.3 is 15.1 Å². The fourth-order valence-corrected chi connectivity index (χ4v) is 11.5. The third kappa shape index (κ3) is 10.1. The average molecular weight is 971 g/mol. The van der Waals surface area contributed by atoms with Gasteiger partial charge in [0.1, 0.15) is 11.5 Å². The van der Waals surface area contributed by atoms with Crippen molar-refractivity contribution in [3.63, 3.8) is 0 Å². The molecule has 0 heterocycles.